The van der Waals surface area contributed by atoms with E-state index in [4.69, 9.17) is 9.72 Å². The highest BCUT2D eigenvalue weighted by molar-refractivity contribution is 6.00. The van der Waals surface area contributed by atoms with Crippen molar-refractivity contribution in [2.75, 3.05) is 48.9 Å². The molecule has 4 aromatic rings. The van der Waals surface area contributed by atoms with Gasteiger partial charge < -0.3 is 25.6 Å². The number of morpholine rings is 1. The average molecular weight is 488 g/mol. The van der Waals surface area contributed by atoms with E-state index < -0.39 is 11.8 Å². The molecule has 0 aliphatic carbocycles. The van der Waals surface area contributed by atoms with Crippen LogP contribution in [0.4, 0.5) is 26.4 Å². The molecular formula is C26H26FN7O2. The Labute approximate surface area is 207 Å². The van der Waals surface area contributed by atoms with Crippen LogP contribution in [0.3, 0.4) is 0 Å². The lowest BCUT2D eigenvalue weighted by Crippen LogP contribution is -2.37. The number of carbonyl (C=O) groups is 1. The molecule has 2 aromatic heterocycles. The van der Waals surface area contributed by atoms with Crippen LogP contribution in [0.5, 0.6) is 0 Å². The van der Waals surface area contributed by atoms with Crippen molar-refractivity contribution in [1.29, 1.82) is 0 Å². The Morgan fingerprint density at radius 3 is 2.50 bits per heavy atom. The predicted octanol–water partition coefficient (Wildman–Crippen LogP) is 4.21. The first-order chi connectivity index (χ1) is 17.5. The van der Waals surface area contributed by atoms with Gasteiger partial charge >= 0.3 is 6.03 Å². The van der Waals surface area contributed by atoms with Gasteiger partial charge in [-0.1, -0.05) is 6.58 Å². The molecule has 3 N–H and O–H groups in total. The van der Waals surface area contributed by atoms with Crippen LogP contribution in [-0.2, 0) is 4.74 Å². The minimum Gasteiger partial charge on any atom is -0.388 e. The van der Waals surface area contributed by atoms with E-state index in [0.717, 1.165) is 30.0 Å². The summed E-state index contributed by atoms with van der Waals surface area (Å²) in [5.41, 5.74) is 3.46. The minimum atomic E-state index is -0.484. The maximum absolute atomic E-state index is 14.3. The number of benzene rings is 2. The first-order valence-corrected chi connectivity index (χ1v) is 11.5. The number of urea groups is 1. The number of aromatic nitrogens is 3. The summed E-state index contributed by atoms with van der Waals surface area (Å²) in [6.45, 7) is 6.62. The first kappa shape index (κ1) is 23.3. The summed E-state index contributed by atoms with van der Waals surface area (Å²) in [6, 6.07) is 15.1. The third-order valence-electron chi connectivity index (χ3n) is 5.94. The Morgan fingerprint density at radius 2 is 1.78 bits per heavy atom. The Hall–Kier alpha value is -4.44. The van der Waals surface area contributed by atoms with Crippen LogP contribution in [0.1, 0.15) is 5.56 Å². The zero-order chi connectivity index (χ0) is 25.1. The van der Waals surface area contributed by atoms with Gasteiger partial charge in [-0.25, -0.2) is 18.7 Å². The molecule has 3 heterocycles. The number of ether oxygens (including phenoxy) is 1. The van der Waals surface area contributed by atoms with Crippen molar-refractivity contribution >= 4 is 34.4 Å². The van der Waals surface area contributed by atoms with Crippen LogP contribution >= 0.6 is 0 Å². The topological polar surface area (TPSA) is 95.8 Å². The summed E-state index contributed by atoms with van der Waals surface area (Å²) >= 11 is 0. The van der Waals surface area contributed by atoms with Crippen LogP contribution in [-0.4, -0.2) is 54.0 Å². The van der Waals surface area contributed by atoms with Gasteiger partial charge in [0.05, 0.1) is 13.2 Å². The highest BCUT2D eigenvalue weighted by Gasteiger charge is 2.18. The maximum Gasteiger partial charge on any atom is 0.323 e. The quantitative estimate of drug-likeness (QED) is 0.377. The molecule has 0 radical (unpaired) electrons. The molecule has 0 atom stereocenters. The van der Waals surface area contributed by atoms with E-state index in [1.165, 1.54) is 6.07 Å². The van der Waals surface area contributed by atoms with Crippen molar-refractivity contribution in [3.05, 3.63) is 78.8 Å². The molecule has 1 saturated heterocycles. The summed E-state index contributed by atoms with van der Waals surface area (Å²) < 4.78 is 21.6. The fraction of sp³-hybridized carbons (Fsp3) is 0.192. The van der Waals surface area contributed by atoms with Gasteiger partial charge in [0.2, 0.25) is 0 Å². The summed E-state index contributed by atoms with van der Waals surface area (Å²) in [7, 11) is 1.67. The third-order valence-corrected chi connectivity index (χ3v) is 5.94. The predicted molar refractivity (Wildman–Crippen MR) is 139 cm³/mol. The number of nitrogens with zero attached hydrogens (tertiary/aromatic N) is 4. The van der Waals surface area contributed by atoms with Crippen molar-refractivity contribution in [1.82, 2.24) is 19.9 Å². The molecule has 0 spiro atoms. The highest BCUT2D eigenvalue weighted by Crippen LogP contribution is 2.25. The summed E-state index contributed by atoms with van der Waals surface area (Å²) in [5, 5.41) is 12.8. The van der Waals surface area contributed by atoms with Gasteiger partial charge in [-0.3, -0.25) is 0 Å². The summed E-state index contributed by atoms with van der Waals surface area (Å²) in [5.74, 6) is 0.967. The van der Waals surface area contributed by atoms with Gasteiger partial charge in [0.25, 0.3) is 0 Å². The van der Waals surface area contributed by atoms with Crippen LogP contribution in [0.15, 0.2) is 67.4 Å². The standard InChI is InChI=1S/C26H26FN7O2/c1-17(28-2)21-10-9-20(16-22(21)27)30-26(35)29-19-7-5-18(6-8-19)24-31-25(33-12-14-36-15-13-33)23-4-3-11-34(23)32-24/h3-11,16,28H,1,12-15H2,2H3,(H2,29,30,35). The number of fused-ring (bicyclic) bond motifs is 1. The van der Waals surface area contributed by atoms with E-state index in [-0.39, 0.29) is 0 Å². The second-order valence-corrected chi connectivity index (χ2v) is 8.28. The van der Waals surface area contributed by atoms with E-state index in [1.807, 2.05) is 35.0 Å². The second kappa shape index (κ2) is 10.0. The SMILES string of the molecule is C=C(NC)c1ccc(NC(=O)Nc2ccc(-c3nc(N4CCOCC4)c4cccn4n3)cc2)cc1F. The molecule has 0 saturated carbocycles. The van der Waals surface area contributed by atoms with Gasteiger partial charge in [0.1, 0.15) is 11.3 Å². The Morgan fingerprint density at radius 1 is 1.06 bits per heavy atom. The monoisotopic (exact) mass is 487 g/mol. The number of rotatable bonds is 6. The molecule has 0 bridgehead atoms. The zero-order valence-corrected chi connectivity index (χ0v) is 19.8. The lowest BCUT2D eigenvalue weighted by molar-refractivity contribution is 0.122. The molecule has 0 unspecified atom stereocenters. The van der Waals surface area contributed by atoms with E-state index in [1.54, 1.807) is 31.3 Å². The Bertz CT molecular complexity index is 1410. The van der Waals surface area contributed by atoms with E-state index in [2.05, 4.69) is 32.5 Å². The highest BCUT2D eigenvalue weighted by atomic mass is 19.1. The van der Waals surface area contributed by atoms with Crippen molar-refractivity contribution in [2.45, 2.75) is 0 Å². The van der Waals surface area contributed by atoms with Crippen molar-refractivity contribution in [2.24, 2.45) is 0 Å². The Kier molecular flexibility index (Phi) is 6.50. The molecule has 5 rings (SSSR count). The van der Waals surface area contributed by atoms with Gasteiger partial charge in [-0.05, 0) is 54.6 Å². The summed E-state index contributed by atoms with van der Waals surface area (Å²) in [6.07, 6.45) is 1.90. The van der Waals surface area contributed by atoms with Crippen molar-refractivity contribution in [3.63, 3.8) is 0 Å². The van der Waals surface area contributed by atoms with Gasteiger partial charge in [-0.15, -0.1) is 5.10 Å². The molecule has 2 aromatic carbocycles. The van der Waals surface area contributed by atoms with Gasteiger partial charge in [-0.2, -0.15) is 0 Å². The Balaban J connectivity index is 1.30. The zero-order valence-electron chi connectivity index (χ0n) is 19.8. The maximum atomic E-state index is 14.3. The lowest BCUT2D eigenvalue weighted by Gasteiger charge is -2.28. The number of hydrogen-bond donors (Lipinski definition) is 3. The molecule has 36 heavy (non-hydrogen) atoms. The molecule has 9 nitrogen and oxygen atoms in total. The largest absolute Gasteiger partial charge is 0.388 e. The number of amides is 2. The smallest absolute Gasteiger partial charge is 0.323 e. The minimum absolute atomic E-state index is 0.332. The van der Waals surface area contributed by atoms with Gasteiger partial charge in [0, 0.05) is 54.5 Å². The van der Waals surface area contributed by atoms with Crippen LogP contribution in [0, 0.1) is 5.82 Å². The lowest BCUT2D eigenvalue weighted by atomic mass is 10.1. The molecule has 10 heteroatoms. The number of halogens is 1. The summed E-state index contributed by atoms with van der Waals surface area (Å²) in [4.78, 5) is 19.5. The normalized spacial score (nSPS) is 13.4. The number of hydrogen-bond acceptors (Lipinski definition) is 6. The van der Waals surface area contributed by atoms with Crippen molar-refractivity contribution < 1.29 is 13.9 Å². The van der Waals surface area contributed by atoms with E-state index >= 15 is 0 Å². The second-order valence-electron chi connectivity index (χ2n) is 8.28. The van der Waals surface area contributed by atoms with Crippen LogP contribution in [0.25, 0.3) is 22.6 Å². The van der Waals surface area contributed by atoms with Crippen molar-refractivity contribution in [3.8, 4) is 11.4 Å². The number of nitrogens with one attached hydrogen (secondary N) is 3. The van der Waals surface area contributed by atoms with Crippen LogP contribution < -0.4 is 20.9 Å². The molecular weight excluding hydrogens is 461 g/mol. The molecule has 2 amide bonds. The molecule has 184 valence electrons. The van der Waals surface area contributed by atoms with Crippen LogP contribution in [0.2, 0.25) is 0 Å². The number of anilines is 3. The number of carbonyl (C=O) groups excluding carboxylic acids is 1. The fourth-order valence-corrected chi connectivity index (χ4v) is 4.02. The first-order valence-electron chi connectivity index (χ1n) is 11.5. The van der Waals surface area contributed by atoms with E-state index in [0.29, 0.717) is 41.7 Å². The fourth-order valence-electron chi connectivity index (χ4n) is 4.02. The molecule has 1 aliphatic heterocycles. The van der Waals surface area contributed by atoms with Gasteiger partial charge in [0.15, 0.2) is 11.6 Å². The molecule has 1 fully saturated rings. The average Bonchev–Trinajstić information content (AvgIpc) is 3.37. The third kappa shape index (κ3) is 4.84. The molecule has 1 aliphatic rings. The van der Waals surface area contributed by atoms with E-state index in [9.17, 15) is 9.18 Å².